The number of hydrogen-bond donors (Lipinski definition) is 1. The minimum atomic E-state index is -0.605. The molecule has 0 aromatic rings. The molecule has 0 amide bonds. The molecule has 2 rings (SSSR count). The lowest BCUT2D eigenvalue weighted by Gasteiger charge is -2.26. The molecule has 1 N–H and O–H groups in total. The number of esters is 1. The highest BCUT2D eigenvalue weighted by Gasteiger charge is 2.57. The molecule has 2 aliphatic rings. The maximum absolute atomic E-state index is 11.9. The number of fused-ring (bicyclic) bond motifs is 1. The van der Waals surface area contributed by atoms with E-state index in [0.717, 1.165) is 6.42 Å². The van der Waals surface area contributed by atoms with E-state index in [0.29, 0.717) is 19.3 Å². The maximum Gasteiger partial charge on any atom is 0.306 e. The second-order valence-corrected chi connectivity index (χ2v) is 4.58. The molecule has 4 nitrogen and oxygen atoms in total. The number of ether oxygens (including phenoxy) is 1. The first-order valence-corrected chi connectivity index (χ1v) is 5.38. The first-order valence-electron chi connectivity index (χ1n) is 5.38. The van der Waals surface area contributed by atoms with E-state index in [4.69, 9.17) is 0 Å². The smallest absolute Gasteiger partial charge is 0.306 e. The van der Waals surface area contributed by atoms with Gasteiger partial charge in [0.05, 0.1) is 19.6 Å². The highest BCUT2D eigenvalue weighted by molar-refractivity contribution is 5.91. The van der Waals surface area contributed by atoms with Gasteiger partial charge < -0.3 is 9.84 Å². The second-order valence-electron chi connectivity index (χ2n) is 4.58. The Hall–Kier alpha value is -0.900. The van der Waals surface area contributed by atoms with Gasteiger partial charge in [0, 0.05) is 11.8 Å². The summed E-state index contributed by atoms with van der Waals surface area (Å²) in [5.41, 5.74) is -0.605. The molecule has 0 aliphatic heterocycles. The van der Waals surface area contributed by atoms with Crippen molar-refractivity contribution in [3.8, 4) is 0 Å². The standard InChI is InChI=1S/C11H16O4/c1-15-10(14)6-11-5-4-8(12)7(11)2-3-9(11)13/h7-8,12H,2-6H2,1H3/t7-,8-,11-/m1/s1. The third-order valence-corrected chi connectivity index (χ3v) is 3.99. The van der Waals surface area contributed by atoms with Crippen molar-refractivity contribution in [2.45, 2.75) is 38.2 Å². The Labute approximate surface area is 88.6 Å². The van der Waals surface area contributed by atoms with Crippen LogP contribution in [0.1, 0.15) is 32.1 Å². The molecular weight excluding hydrogens is 196 g/mol. The van der Waals surface area contributed by atoms with Crippen molar-refractivity contribution in [3.05, 3.63) is 0 Å². The molecule has 2 saturated carbocycles. The first kappa shape index (κ1) is 10.6. The Morgan fingerprint density at radius 3 is 3.00 bits per heavy atom. The number of ketones is 1. The third kappa shape index (κ3) is 1.47. The quantitative estimate of drug-likeness (QED) is 0.683. The zero-order chi connectivity index (χ0) is 11.1. The van der Waals surface area contributed by atoms with E-state index in [1.807, 2.05) is 0 Å². The van der Waals surface area contributed by atoms with Crippen molar-refractivity contribution in [1.29, 1.82) is 0 Å². The molecule has 0 heterocycles. The predicted octanol–water partition coefficient (Wildman–Crippen LogP) is 0.670. The summed E-state index contributed by atoms with van der Waals surface area (Å²) in [4.78, 5) is 23.2. The summed E-state index contributed by atoms with van der Waals surface area (Å²) in [6, 6.07) is 0. The number of rotatable bonds is 2. The normalized spacial score (nSPS) is 39.2. The summed E-state index contributed by atoms with van der Waals surface area (Å²) < 4.78 is 4.63. The summed E-state index contributed by atoms with van der Waals surface area (Å²) in [6.45, 7) is 0. The van der Waals surface area contributed by atoms with Crippen molar-refractivity contribution in [2.75, 3.05) is 7.11 Å². The minimum Gasteiger partial charge on any atom is -0.469 e. The van der Waals surface area contributed by atoms with Crippen LogP contribution in [0.25, 0.3) is 0 Å². The van der Waals surface area contributed by atoms with Crippen molar-refractivity contribution in [1.82, 2.24) is 0 Å². The fraction of sp³-hybridized carbons (Fsp3) is 0.818. The number of aliphatic hydroxyl groups excluding tert-OH is 1. The van der Waals surface area contributed by atoms with Gasteiger partial charge in [-0.05, 0) is 25.2 Å². The highest BCUT2D eigenvalue weighted by atomic mass is 16.5. The number of hydrogen-bond acceptors (Lipinski definition) is 4. The topological polar surface area (TPSA) is 63.6 Å². The Bertz CT molecular complexity index is 299. The van der Waals surface area contributed by atoms with Crippen LogP contribution in [0.2, 0.25) is 0 Å². The van der Waals surface area contributed by atoms with Crippen LogP contribution in [0.5, 0.6) is 0 Å². The Balaban J connectivity index is 2.22. The molecular formula is C11H16O4. The summed E-state index contributed by atoms with van der Waals surface area (Å²) >= 11 is 0. The van der Waals surface area contributed by atoms with Crippen LogP contribution in [0.15, 0.2) is 0 Å². The molecule has 0 aromatic carbocycles. The molecule has 0 saturated heterocycles. The number of methoxy groups -OCH3 is 1. The van der Waals surface area contributed by atoms with E-state index in [2.05, 4.69) is 4.74 Å². The average Bonchev–Trinajstić information content (AvgIpc) is 2.69. The van der Waals surface area contributed by atoms with Crippen LogP contribution < -0.4 is 0 Å². The molecule has 3 atom stereocenters. The van der Waals surface area contributed by atoms with Gasteiger partial charge in [0.25, 0.3) is 0 Å². The van der Waals surface area contributed by atoms with Crippen LogP contribution in [0, 0.1) is 11.3 Å². The third-order valence-electron chi connectivity index (χ3n) is 3.99. The largest absolute Gasteiger partial charge is 0.469 e. The zero-order valence-electron chi connectivity index (χ0n) is 8.86. The lowest BCUT2D eigenvalue weighted by atomic mass is 9.76. The van der Waals surface area contributed by atoms with Crippen molar-refractivity contribution in [3.63, 3.8) is 0 Å². The molecule has 0 unspecified atom stereocenters. The molecule has 4 heteroatoms. The fourth-order valence-electron chi connectivity index (χ4n) is 3.16. The van der Waals surface area contributed by atoms with Gasteiger partial charge >= 0.3 is 5.97 Å². The van der Waals surface area contributed by atoms with E-state index >= 15 is 0 Å². The lowest BCUT2D eigenvalue weighted by Crippen LogP contribution is -2.34. The first-order chi connectivity index (χ1) is 7.10. The summed E-state index contributed by atoms with van der Waals surface area (Å²) in [6.07, 6.45) is 2.21. The van der Waals surface area contributed by atoms with Crippen LogP contribution in [-0.4, -0.2) is 30.1 Å². The number of carbonyl (C=O) groups is 2. The average molecular weight is 212 g/mol. The molecule has 15 heavy (non-hydrogen) atoms. The van der Waals surface area contributed by atoms with Gasteiger partial charge in [-0.3, -0.25) is 9.59 Å². The summed E-state index contributed by atoms with van der Waals surface area (Å²) in [7, 11) is 1.33. The molecule has 0 radical (unpaired) electrons. The monoisotopic (exact) mass is 212 g/mol. The highest BCUT2D eigenvalue weighted by Crippen LogP contribution is 2.54. The van der Waals surface area contributed by atoms with Crippen molar-refractivity contribution >= 4 is 11.8 Å². The van der Waals surface area contributed by atoms with E-state index in [1.165, 1.54) is 7.11 Å². The van der Waals surface area contributed by atoms with Gasteiger partial charge in [-0.15, -0.1) is 0 Å². The summed E-state index contributed by atoms with van der Waals surface area (Å²) in [5, 5.41) is 9.76. The van der Waals surface area contributed by atoms with Gasteiger partial charge in [0.1, 0.15) is 5.78 Å². The minimum absolute atomic E-state index is 0.0240. The van der Waals surface area contributed by atoms with Crippen molar-refractivity contribution < 1.29 is 19.4 Å². The van der Waals surface area contributed by atoms with Gasteiger partial charge in [-0.1, -0.05) is 0 Å². The molecule has 84 valence electrons. The number of carbonyl (C=O) groups excluding carboxylic acids is 2. The molecule has 0 aromatic heterocycles. The van der Waals surface area contributed by atoms with Crippen LogP contribution in [0.3, 0.4) is 0 Å². The van der Waals surface area contributed by atoms with Crippen molar-refractivity contribution in [2.24, 2.45) is 11.3 Å². The molecule has 2 fully saturated rings. The molecule has 0 bridgehead atoms. The second kappa shape index (κ2) is 3.59. The predicted molar refractivity (Wildman–Crippen MR) is 52.0 cm³/mol. The van der Waals surface area contributed by atoms with E-state index in [9.17, 15) is 14.7 Å². The molecule has 2 aliphatic carbocycles. The fourth-order valence-corrected chi connectivity index (χ4v) is 3.16. The van der Waals surface area contributed by atoms with Crippen LogP contribution in [-0.2, 0) is 14.3 Å². The van der Waals surface area contributed by atoms with Crippen LogP contribution in [0.4, 0.5) is 0 Å². The van der Waals surface area contributed by atoms with Gasteiger partial charge in [0.15, 0.2) is 0 Å². The maximum atomic E-state index is 11.9. The van der Waals surface area contributed by atoms with Gasteiger partial charge in [-0.25, -0.2) is 0 Å². The number of Topliss-reactive ketones (excluding diaryl/α,β-unsaturated/α-hetero) is 1. The van der Waals surface area contributed by atoms with Gasteiger partial charge in [-0.2, -0.15) is 0 Å². The van der Waals surface area contributed by atoms with E-state index < -0.39 is 11.5 Å². The van der Waals surface area contributed by atoms with E-state index in [-0.39, 0.29) is 24.1 Å². The Morgan fingerprint density at radius 2 is 2.33 bits per heavy atom. The Kier molecular flexibility index (Phi) is 2.54. The Morgan fingerprint density at radius 1 is 1.60 bits per heavy atom. The van der Waals surface area contributed by atoms with Gasteiger partial charge in [0.2, 0.25) is 0 Å². The SMILES string of the molecule is COC(=O)C[C@]12CC[C@@H](O)[C@H]1CCC2=O. The lowest BCUT2D eigenvalue weighted by molar-refractivity contribution is -0.147. The van der Waals surface area contributed by atoms with Crippen LogP contribution >= 0.6 is 0 Å². The van der Waals surface area contributed by atoms with E-state index in [1.54, 1.807) is 0 Å². The number of aliphatic hydroxyl groups is 1. The summed E-state index contributed by atoms with van der Waals surface area (Å²) in [5.74, 6) is -0.233. The molecule has 0 spiro atoms. The zero-order valence-corrected chi connectivity index (χ0v) is 8.86.